The highest BCUT2D eigenvalue weighted by Gasteiger charge is 2.21. The average Bonchev–Trinajstić information content (AvgIpc) is 2.14. The van der Waals surface area contributed by atoms with Crippen molar-refractivity contribution in [1.82, 2.24) is 0 Å². The predicted molar refractivity (Wildman–Crippen MR) is 61.9 cm³/mol. The molecule has 0 radical (unpaired) electrons. The van der Waals surface area contributed by atoms with Gasteiger partial charge in [-0.05, 0) is 23.6 Å². The lowest BCUT2D eigenvalue weighted by atomic mass is 10.0. The van der Waals surface area contributed by atoms with Crippen molar-refractivity contribution in [2.24, 2.45) is 0 Å². The van der Waals surface area contributed by atoms with Crippen LogP contribution in [0.2, 0.25) is 0 Å². The van der Waals surface area contributed by atoms with E-state index in [0.29, 0.717) is 5.92 Å². The lowest BCUT2D eigenvalue weighted by Crippen LogP contribution is -2.12. The van der Waals surface area contributed by atoms with Gasteiger partial charge in [0.25, 0.3) is 5.92 Å². The monoisotopic (exact) mass is 230 g/mol. The van der Waals surface area contributed by atoms with E-state index < -0.39 is 5.92 Å². The Kier molecular flexibility index (Phi) is 4.14. The summed E-state index contributed by atoms with van der Waals surface area (Å²) in [6.45, 7) is 5.14. The highest BCUT2D eigenvalue weighted by Crippen LogP contribution is 2.27. The molecule has 0 N–H and O–H groups in total. The highest BCUT2D eigenvalue weighted by molar-refractivity contribution is 7.99. The third-order valence-electron chi connectivity index (χ3n) is 2.02. The van der Waals surface area contributed by atoms with Crippen LogP contribution in [0.1, 0.15) is 32.3 Å². The quantitative estimate of drug-likeness (QED) is 0.683. The first-order chi connectivity index (χ1) is 6.88. The number of benzene rings is 1. The van der Waals surface area contributed by atoms with Gasteiger partial charge in [-0.15, -0.1) is 11.8 Å². The molecule has 0 aliphatic carbocycles. The van der Waals surface area contributed by atoms with Crippen molar-refractivity contribution < 1.29 is 8.78 Å². The Labute approximate surface area is 94.1 Å². The van der Waals surface area contributed by atoms with Crippen LogP contribution in [0.4, 0.5) is 8.78 Å². The van der Waals surface area contributed by atoms with Gasteiger partial charge < -0.3 is 0 Å². The molecular formula is C12H16F2S. The van der Waals surface area contributed by atoms with Crippen molar-refractivity contribution in [2.45, 2.75) is 37.5 Å². The molecule has 0 unspecified atom stereocenters. The summed E-state index contributed by atoms with van der Waals surface area (Å²) in [4.78, 5) is 0.919. The van der Waals surface area contributed by atoms with Gasteiger partial charge >= 0.3 is 0 Å². The molecule has 1 aromatic carbocycles. The molecule has 0 aliphatic heterocycles. The molecule has 0 bridgehead atoms. The maximum Gasteiger partial charge on any atom is 0.254 e. The van der Waals surface area contributed by atoms with Gasteiger partial charge in [0.15, 0.2) is 0 Å². The molecule has 0 fully saturated rings. The normalized spacial score (nSPS) is 12.1. The number of thioether (sulfide) groups is 1. The zero-order valence-corrected chi connectivity index (χ0v) is 10.1. The van der Waals surface area contributed by atoms with Crippen molar-refractivity contribution in [3.05, 3.63) is 29.8 Å². The van der Waals surface area contributed by atoms with Crippen LogP contribution in [0.3, 0.4) is 0 Å². The molecule has 0 saturated heterocycles. The molecule has 0 atom stereocenters. The average molecular weight is 230 g/mol. The molecule has 3 heteroatoms. The molecule has 0 nitrogen and oxygen atoms in total. The Morgan fingerprint density at radius 1 is 1.33 bits per heavy atom. The fourth-order valence-electron chi connectivity index (χ4n) is 1.17. The first-order valence-corrected chi connectivity index (χ1v) is 5.97. The van der Waals surface area contributed by atoms with Crippen LogP contribution >= 0.6 is 11.8 Å². The summed E-state index contributed by atoms with van der Waals surface area (Å²) >= 11 is 1.21. The summed E-state index contributed by atoms with van der Waals surface area (Å²) in [5, 5.41) is 0. The molecule has 0 heterocycles. The van der Waals surface area contributed by atoms with Gasteiger partial charge in [0.05, 0.1) is 5.75 Å². The van der Waals surface area contributed by atoms with E-state index in [1.54, 1.807) is 0 Å². The summed E-state index contributed by atoms with van der Waals surface area (Å²) < 4.78 is 25.3. The first kappa shape index (κ1) is 12.5. The number of halogens is 2. The highest BCUT2D eigenvalue weighted by atomic mass is 32.2. The summed E-state index contributed by atoms with van der Waals surface area (Å²) in [5.41, 5.74) is 1.19. The van der Waals surface area contributed by atoms with E-state index >= 15 is 0 Å². The van der Waals surface area contributed by atoms with Crippen molar-refractivity contribution in [1.29, 1.82) is 0 Å². The Bertz CT molecular complexity index is 316. The number of rotatable bonds is 4. The molecule has 1 aromatic rings. The minimum atomic E-state index is -2.60. The molecule has 84 valence electrons. The Morgan fingerprint density at radius 3 is 2.53 bits per heavy atom. The van der Waals surface area contributed by atoms with E-state index in [0.717, 1.165) is 11.8 Å². The molecular weight excluding hydrogens is 214 g/mol. The lowest BCUT2D eigenvalue weighted by Gasteiger charge is -2.11. The maximum atomic E-state index is 12.6. The van der Waals surface area contributed by atoms with Gasteiger partial charge in [-0.1, -0.05) is 26.0 Å². The summed E-state index contributed by atoms with van der Waals surface area (Å²) in [5.74, 6) is -2.32. The zero-order chi connectivity index (χ0) is 11.5. The molecule has 0 saturated carbocycles. The molecule has 1 rings (SSSR count). The topological polar surface area (TPSA) is 0 Å². The lowest BCUT2D eigenvalue weighted by molar-refractivity contribution is 0.0492. The van der Waals surface area contributed by atoms with Gasteiger partial charge in [0.1, 0.15) is 0 Å². The van der Waals surface area contributed by atoms with Crippen LogP contribution in [-0.2, 0) is 0 Å². The van der Waals surface area contributed by atoms with Gasteiger partial charge in [-0.2, -0.15) is 0 Å². The van der Waals surface area contributed by atoms with Gasteiger partial charge in [-0.3, -0.25) is 0 Å². The van der Waals surface area contributed by atoms with Gasteiger partial charge in [0, 0.05) is 11.8 Å². The number of hydrogen-bond acceptors (Lipinski definition) is 1. The van der Waals surface area contributed by atoms with Crippen molar-refractivity contribution in [3.8, 4) is 0 Å². The number of hydrogen-bond donors (Lipinski definition) is 0. The minimum Gasteiger partial charge on any atom is -0.206 e. The largest absolute Gasteiger partial charge is 0.254 e. The molecule has 0 amide bonds. The van der Waals surface area contributed by atoms with Crippen LogP contribution in [-0.4, -0.2) is 11.7 Å². The van der Waals surface area contributed by atoms with Crippen LogP contribution in [0.15, 0.2) is 29.2 Å². The van der Waals surface area contributed by atoms with E-state index in [-0.39, 0.29) is 5.75 Å². The smallest absolute Gasteiger partial charge is 0.206 e. The maximum absolute atomic E-state index is 12.6. The second-order valence-electron chi connectivity index (χ2n) is 4.09. The second kappa shape index (κ2) is 4.97. The van der Waals surface area contributed by atoms with Gasteiger partial charge in [-0.25, -0.2) is 8.78 Å². The summed E-state index contributed by atoms with van der Waals surface area (Å²) in [6.07, 6.45) is 0. The molecule has 15 heavy (non-hydrogen) atoms. The Balaban J connectivity index is 2.66. The standard InChI is InChI=1S/C12H16F2S/c1-9(2)10-5-4-6-11(7-10)15-8-12(3,13)14/h4-7,9H,8H2,1-3H3. The van der Waals surface area contributed by atoms with E-state index in [1.807, 2.05) is 24.3 Å². The number of alkyl halides is 2. The van der Waals surface area contributed by atoms with Crippen LogP contribution < -0.4 is 0 Å². The molecule has 0 aliphatic rings. The van der Waals surface area contributed by atoms with Crippen LogP contribution in [0, 0.1) is 0 Å². The first-order valence-electron chi connectivity index (χ1n) is 4.99. The van der Waals surface area contributed by atoms with E-state index in [4.69, 9.17) is 0 Å². The third-order valence-corrected chi connectivity index (χ3v) is 3.26. The van der Waals surface area contributed by atoms with E-state index in [2.05, 4.69) is 13.8 Å². The minimum absolute atomic E-state index is 0.158. The van der Waals surface area contributed by atoms with Crippen molar-refractivity contribution in [3.63, 3.8) is 0 Å². The fourth-order valence-corrected chi connectivity index (χ4v) is 1.99. The molecule has 0 aromatic heterocycles. The van der Waals surface area contributed by atoms with Crippen LogP contribution in [0.5, 0.6) is 0 Å². The zero-order valence-electron chi connectivity index (χ0n) is 9.26. The summed E-state index contributed by atoms with van der Waals surface area (Å²) in [6, 6.07) is 7.81. The predicted octanol–water partition coefficient (Wildman–Crippen LogP) is 4.56. The van der Waals surface area contributed by atoms with Crippen LogP contribution in [0.25, 0.3) is 0 Å². The van der Waals surface area contributed by atoms with Gasteiger partial charge in [0.2, 0.25) is 0 Å². The third kappa shape index (κ3) is 4.65. The Hall–Kier alpha value is -0.570. The van der Waals surface area contributed by atoms with Crippen molar-refractivity contribution >= 4 is 11.8 Å². The van der Waals surface area contributed by atoms with E-state index in [9.17, 15) is 8.78 Å². The fraction of sp³-hybridized carbons (Fsp3) is 0.500. The van der Waals surface area contributed by atoms with Crippen molar-refractivity contribution in [2.75, 3.05) is 5.75 Å². The second-order valence-corrected chi connectivity index (χ2v) is 5.13. The van der Waals surface area contributed by atoms with E-state index in [1.165, 1.54) is 17.3 Å². The SMILES string of the molecule is CC(C)c1cccc(SCC(C)(F)F)c1. The Morgan fingerprint density at radius 2 is 2.00 bits per heavy atom. The molecule has 0 spiro atoms. The summed E-state index contributed by atoms with van der Waals surface area (Å²) in [7, 11) is 0.